The van der Waals surface area contributed by atoms with Gasteiger partial charge in [0, 0.05) is 21.4 Å². The van der Waals surface area contributed by atoms with E-state index in [1.54, 1.807) is 36.0 Å². The van der Waals surface area contributed by atoms with Gasteiger partial charge in [-0.1, -0.05) is 45.7 Å². The molecule has 0 saturated heterocycles. The van der Waals surface area contributed by atoms with Gasteiger partial charge in [-0.3, -0.25) is 4.79 Å². The monoisotopic (exact) mass is 353 g/mol. The first-order valence-electron chi connectivity index (χ1n) is 8.53. The maximum Gasteiger partial charge on any atom is 0.191 e. The van der Waals surface area contributed by atoms with Gasteiger partial charge >= 0.3 is 0 Å². The van der Waals surface area contributed by atoms with Crippen molar-refractivity contribution < 1.29 is 4.79 Å². The van der Waals surface area contributed by atoms with Gasteiger partial charge < -0.3 is 5.73 Å². The van der Waals surface area contributed by atoms with Crippen LogP contribution >= 0.6 is 23.4 Å². The number of Topliss-reactive ketones (excluding diaryl/α,β-unsaturated/α-hetero) is 1. The molecule has 1 heterocycles. The highest BCUT2D eigenvalue weighted by atomic mass is 35.5. The van der Waals surface area contributed by atoms with Crippen molar-refractivity contribution in [3.63, 3.8) is 0 Å². The lowest BCUT2D eigenvalue weighted by Gasteiger charge is -2.30. The first-order valence-corrected chi connectivity index (χ1v) is 9.79. The summed E-state index contributed by atoms with van der Waals surface area (Å²) >= 11 is 7.56. The molecular formula is C19H28ClNOS. The van der Waals surface area contributed by atoms with Crippen LogP contribution in [0.3, 0.4) is 0 Å². The number of allylic oxidation sites excluding steroid dienone is 1. The molecule has 1 aromatic rings. The SMILES string of the molecule is CC.CCCC1CC(CC)SC(N)=C1C(=O)c1ccc(Cl)cc1. The molecule has 0 saturated carbocycles. The highest BCUT2D eigenvalue weighted by Crippen LogP contribution is 2.41. The maximum absolute atomic E-state index is 12.8. The number of hydrogen-bond donors (Lipinski definition) is 1. The molecule has 1 aliphatic rings. The summed E-state index contributed by atoms with van der Waals surface area (Å²) in [6.45, 7) is 8.34. The van der Waals surface area contributed by atoms with Crippen molar-refractivity contribution >= 4 is 29.1 Å². The number of ketones is 1. The van der Waals surface area contributed by atoms with Gasteiger partial charge in [0.2, 0.25) is 0 Å². The second kappa shape index (κ2) is 10.0. The third kappa shape index (κ3) is 5.29. The third-order valence-corrected chi connectivity index (χ3v) is 5.54. The molecule has 1 aromatic carbocycles. The Balaban J connectivity index is 0.00000127. The lowest BCUT2D eigenvalue weighted by atomic mass is 9.85. The van der Waals surface area contributed by atoms with Crippen molar-refractivity contribution in [3.05, 3.63) is 45.5 Å². The minimum absolute atomic E-state index is 0.0599. The number of rotatable bonds is 5. The van der Waals surface area contributed by atoms with E-state index >= 15 is 0 Å². The Morgan fingerprint density at radius 1 is 1.26 bits per heavy atom. The Hall–Kier alpha value is -0.930. The fourth-order valence-electron chi connectivity index (χ4n) is 2.84. The van der Waals surface area contributed by atoms with Crippen LogP contribution in [0.1, 0.15) is 63.7 Å². The fourth-order valence-corrected chi connectivity index (χ4v) is 4.21. The van der Waals surface area contributed by atoms with Gasteiger partial charge in [0.25, 0.3) is 0 Å². The number of carbonyl (C=O) groups is 1. The van der Waals surface area contributed by atoms with Crippen LogP contribution in [0.5, 0.6) is 0 Å². The molecule has 0 fully saturated rings. The zero-order chi connectivity index (χ0) is 17.4. The summed E-state index contributed by atoms with van der Waals surface area (Å²) in [5.74, 6) is 0.342. The molecule has 1 aliphatic heterocycles. The predicted molar refractivity (Wildman–Crippen MR) is 103 cm³/mol. The number of thioether (sulfide) groups is 1. The Bertz CT molecular complexity index is 539. The van der Waals surface area contributed by atoms with Crippen molar-refractivity contribution in [2.24, 2.45) is 11.7 Å². The average Bonchev–Trinajstić information content (AvgIpc) is 2.56. The Morgan fingerprint density at radius 3 is 2.39 bits per heavy atom. The maximum atomic E-state index is 12.8. The van der Waals surface area contributed by atoms with E-state index in [4.69, 9.17) is 17.3 Å². The number of benzene rings is 1. The molecule has 0 aromatic heterocycles. The van der Waals surface area contributed by atoms with E-state index in [0.717, 1.165) is 31.3 Å². The van der Waals surface area contributed by atoms with E-state index in [2.05, 4.69) is 13.8 Å². The number of halogens is 1. The van der Waals surface area contributed by atoms with Gasteiger partial charge in [0.05, 0.1) is 5.03 Å². The van der Waals surface area contributed by atoms with Gasteiger partial charge in [-0.25, -0.2) is 0 Å². The second-order valence-corrected chi connectivity index (χ2v) is 7.26. The van der Waals surface area contributed by atoms with Crippen molar-refractivity contribution in [1.82, 2.24) is 0 Å². The lowest BCUT2D eigenvalue weighted by molar-refractivity contribution is 0.101. The van der Waals surface area contributed by atoms with Crippen LogP contribution < -0.4 is 5.73 Å². The summed E-state index contributed by atoms with van der Waals surface area (Å²) in [4.78, 5) is 12.8. The molecule has 0 amide bonds. The average molecular weight is 354 g/mol. The van der Waals surface area contributed by atoms with Crippen LogP contribution in [0.25, 0.3) is 0 Å². The van der Waals surface area contributed by atoms with E-state index in [1.807, 2.05) is 13.8 Å². The summed E-state index contributed by atoms with van der Waals surface area (Å²) in [7, 11) is 0. The molecule has 0 aliphatic carbocycles. The van der Waals surface area contributed by atoms with Crippen LogP contribution in [0.4, 0.5) is 0 Å². The van der Waals surface area contributed by atoms with Gasteiger partial charge in [-0.15, -0.1) is 11.8 Å². The largest absolute Gasteiger partial charge is 0.393 e. The number of carbonyl (C=O) groups excluding carboxylic acids is 1. The van der Waals surface area contributed by atoms with Crippen molar-refractivity contribution in [2.75, 3.05) is 0 Å². The third-order valence-electron chi connectivity index (χ3n) is 3.96. The number of hydrogen-bond acceptors (Lipinski definition) is 3. The Labute approximate surface area is 149 Å². The van der Waals surface area contributed by atoms with E-state index in [-0.39, 0.29) is 11.7 Å². The summed E-state index contributed by atoms with van der Waals surface area (Å²) in [6.07, 6.45) is 4.22. The van der Waals surface area contributed by atoms with Gasteiger partial charge in [-0.05, 0) is 49.4 Å². The van der Waals surface area contributed by atoms with Crippen molar-refractivity contribution in [2.45, 2.75) is 58.6 Å². The summed E-state index contributed by atoms with van der Waals surface area (Å²) in [5, 5.41) is 1.89. The molecule has 128 valence electrons. The lowest BCUT2D eigenvalue weighted by Crippen LogP contribution is -2.26. The Kier molecular flexibility index (Phi) is 8.78. The molecule has 0 spiro atoms. The highest BCUT2D eigenvalue weighted by molar-refractivity contribution is 8.03. The normalized spacial score (nSPS) is 20.7. The van der Waals surface area contributed by atoms with Gasteiger partial charge in [-0.2, -0.15) is 0 Å². The van der Waals surface area contributed by atoms with Gasteiger partial charge in [0.1, 0.15) is 0 Å². The highest BCUT2D eigenvalue weighted by Gasteiger charge is 2.31. The van der Waals surface area contributed by atoms with Crippen LogP contribution in [-0.4, -0.2) is 11.0 Å². The first-order chi connectivity index (χ1) is 11.1. The van der Waals surface area contributed by atoms with E-state index in [9.17, 15) is 4.79 Å². The van der Waals surface area contributed by atoms with Crippen LogP contribution in [-0.2, 0) is 0 Å². The quantitative estimate of drug-likeness (QED) is 0.655. The zero-order valence-electron chi connectivity index (χ0n) is 14.6. The first kappa shape index (κ1) is 20.1. The van der Waals surface area contributed by atoms with Crippen molar-refractivity contribution in [1.29, 1.82) is 0 Å². The molecule has 0 bridgehead atoms. The molecule has 2 nitrogen and oxygen atoms in total. The molecule has 2 N–H and O–H groups in total. The molecule has 2 rings (SSSR count). The van der Waals surface area contributed by atoms with Gasteiger partial charge in [0.15, 0.2) is 5.78 Å². The van der Waals surface area contributed by atoms with Crippen LogP contribution in [0, 0.1) is 5.92 Å². The number of nitrogens with two attached hydrogens (primary N) is 1. The minimum Gasteiger partial charge on any atom is -0.393 e. The minimum atomic E-state index is 0.0599. The summed E-state index contributed by atoms with van der Waals surface area (Å²) in [5.41, 5.74) is 7.72. The second-order valence-electron chi connectivity index (χ2n) is 5.48. The van der Waals surface area contributed by atoms with Crippen molar-refractivity contribution in [3.8, 4) is 0 Å². The van der Waals surface area contributed by atoms with Crippen LogP contribution in [0.15, 0.2) is 34.9 Å². The van der Waals surface area contributed by atoms with E-state index in [0.29, 0.717) is 20.9 Å². The Morgan fingerprint density at radius 2 is 1.87 bits per heavy atom. The predicted octanol–water partition coefficient (Wildman–Crippen LogP) is 6.05. The summed E-state index contributed by atoms with van der Waals surface area (Å²) in [6, 6.07) is 7.07. The zero-order valence-corrected chi connectivity index (χ0v) is 16.1. The molecule has 4 heteroatoms. The van der Waals surface area contributed by atoms with Crippen LogP contribution in [0.2, 0.25) is 5.02 Å². The standard InChI is InChI=1S/C17H22ClNOS.C2H6/c1-3-5-12-10-14(4-2)21-17(19)15(12)16(20)11-6-8-13(18)9-7-11;1-2/h6-9,12,14H,3-5,10,19H2,1-2H3;1-2H3. The smallest absolute Gasteiger partial charge is 0.191 e. The molecular weight excluding hydrogens is 326 g/mol. The fraction of sp³-hybridized carbons (Fsp3) is 0.526. The molecule has 23 heavy (non-hydrogen) atoms. The molecule has 0 radical (unpaired) electrons. The molecule has 2 atom stereocenters. The molecule has 2 unspecified atom stereocenters. The van der Waals surface area contributed by atoms with E-state index in [1.165, 1.54) is 0 Å². The topological polar surface area (TPSA) is 43.1 Å². The summed E-state index contributed by atoms with van der Waals surface area (Å²) < 4.78 is 0. The van der Waals surface area contributed by atoms with E-state index < -0.39 is 0 Å².